The van der Waals surface area contributed by atoms with Gasteiger partial charge in [0.1, 0.15) is 0 Å². The molecule has 2 atom stereocenters. The minimum Gasteiger partial charge on any atom is -0.377 e. The van der Waals surface area contributed by atoms with Crippen LogP contribution in [0.4, 0.5) is 0 Å². The fourth-order valence-electron chi connectivity index (χ4n) is 2.19. The smallest absolute Gasteiger partial charge is 0.243 e. The third kappa shape index (κ3) is 3.19. The number of nitrogens with one attached hydrogen (secondary N) is 1. The second kappa shape index (κ2) is 5.83. The number of carbonyl (C=O) groups is 1. The summed E-state index contributed by atoms with van der Waals surface area (Å²) in [5.41, 5.74) is -0.390. The Morgan fingerprint density at radius 3 is 2.59 bits per heavy atom. The molecule has 0 saturated carbocycles. The van der Waals surface area contributed by atoms with E-state index in [9.17, 15) is 4.79 Å². The van der Waals surface area contributed by atoms with E-state index >= 15 is 0 Å². The molecule has 0 bridgehead atoms. The quantitative estimate of drug-likeness (QED) is 0.771. The molecule has 1 heterocycles. The van der Waals surface area contributed by atoms with Crippen molar-refractivity contribution >= 4 is 5.91 Å². The van der Waals surface area contributed by atoms with Crippen molar-refractivity contribution in [3.63, 3.8) is 0 Å². The highest BCUT2D eigenvalue weighted by molar-refractivity contribution is 5.88. The van der Waals surface area contributed by atoms with Crippen molar-refractivity contribution in [2.24, 2.45) is 0 Å². The van der Waals surface area contributed by atoms with Crippen LogP contribution in [-0.4, -0.2) is 41.8 Å². The number of ether oxygens (including phenoxy) is 1. The molecule has 0 aromatic heterocycles. The average Bonchev–Trinajstić information content (AvgIpc) is 2.53. The third-order valence-electron chi connectivity index (χ3n) is 3.47. The highest BCUT2D eigenvalue weighted by Crippen LogP contribution is 2.24. The van der Waals surface area contributed by atoms with E-state index in [2.05, 4.69) is 12.2 Å². The Kier molecular flexibility index (Phi) is 4.95. The van der Waals surface area contributed by atoms with E-state index in [1.165, 1.54) is 0 Å². The summed E-state index contributed by atoms with van der Waals surface area (Å²) in [7, 11) is 0. The van der Waals surface area contributed by atoms with Gasteiger partial charge in [0.2, 0.25) is 5.91 Å². The molecule has 1 N–H and O–H groups in total. The monoisotopic (exact) mass is 242 g/mol. The van der Waals surface area contributed by atoms with E-state index in [-0.39, 0.29) is 18.2 Å². The Balaban J connectivity index is 2.60. The molecule has 17 heavy (non-hydrogen) atoms. The van der Waals surface area contributed by atoms with Gasteiger partial charge >= 0.3 is 0 Å². The Bertz CT molecular complexity index is 268. The summed E-state index contributed by atoms with van der Waals surface area (Å²) in [5.74, 6) is 0.208. The van der Waals surface area contributed by atoms with Crippen molar-refractivity contribution in [3.05, 3.63) is 0 Å². The van der Waals surface area contributed by atoms with Crippen molar-refractivity contribution < 1.29 is 9.53 Å². The topological polar surface area (TPSA) is 41.6 Å². The summed E-state index contributed by atoms with van der Waals surface area (Å²) in [5, 5.41) is 3.43. The molecule has 4 heteroatoms. The predicted octanol–water partition coefficient (Wildman–Crippen LogP) is 1.75. The fraction of sp³-hybridized carbons (Fsp3) is 0.923. The molecule has 0 aromatic carbocycles. The largest absolute Gasteiger partial charge is 0.377 e. The number of rotatable bonds is 6. The third-order valence-corrected chi connectivity index (χ3v) is 3.47. The van der Waals surface area contributed by atoms with Gasteiger partial charge in [0.25, 0.3) is 0 Å². The second-order valence-electron chi connectivity index (χ2n) is 5.17. The minimum atomic E-state index is -0.390. The van der Waals surface area contributed by atoms with Crippen molar-refractivity contribution in [1.82, 2.24) is 10.2 Å². The molecule has 4 nitrogen and oxygen atoms in total. The first kappa shape index (κ1) is 14.5. The summed E-state index contributed by atoms with van der Waals surface area (Å²) in [4.78, 5) is 14.2. The molecule has 1 amide bonds. The lowest BCUT2D eigenvalue weighted by Crippen LogP contribution is -2.43. The second-order valence-corrected chi connectivity index (χ2v) is 5.17. The highest BCUT2D eigenvalue weighted by atomic mass is 16.5. The lowest BCUT2D eigenvalue weighted by atomic mass is 9.99. The Morgan fingerprint density at radius 1 is 1.47 bits per heavy atom. The summed E-state index contributed by atoms with van der Waals surface area (Å²) in [6.45, 7) is 11.4. The molecule has 0 spiro atoms. The van der Waals surface area contributed by atoms with Crippen LogP contribution >= 0.6 is 0 Å². The van der Waals surface area contributed by atoms with E-state index in [4.69, 9.17) is 4.74 Å². The van der Waals surface area contributed by atoms with Crippen LogP contribution in [-0.2, 0) is 9.53 Å². The van der Waals surface area contributed by atoms with Crippen LogP contribution in [0.2, 0.25) is 0 Å². The minimum absolute atomic E-state index is 0.156. The standard InChI is InChI=1S/C13H26N2O2/c1-6-11-14-13(5,7-2)12(16)15(11)8-9-17-10(3)4/h10-11,14H,6-9H2,1-5H3. The lowest BCUT2D eigenvalue weighted by molar-refractivity contribution is -0.133. The Labute approximate surface area is 105 Å². The van der Waals surface area contributed by atoms with Gasteiger partial charge < -0.3 is 9.64 Å². The van der Waals surface area contributed by atoms with Crippen molar-refractivity contribution in [3.8, 4) is 0 Å². The first-order valence-electron chi connectivity index (χ1n) is 6.65. The van der Waals surface area contributed by atoms with Crippen LogP contribution in [0.15, 0.2) is 0 Å². The number of hydrogen-bond donors (Lipinski definition) is 1. The zero-order valence-electron chi connectivity index (χ0n) is 11.7. The molecule has 1 fully saturated rings. The van der Waals surface area contributed by atoms with Crippen LogP contribution in [0, 0.1) is 0 Å². The summed E-state index contributed by atoms with van der Waals surface area (Å²) < 4.78 is 5.53. The lowest BCUT2D eigenvalue weighted by Gasteiger charge is -2.23. The first-order chi connectivity index (χ1) is 7.94. The zero-order chi connectivity index (χ0) is 13.1. The van der Waals surface area contributed by atoms with Crippen molar-refractivity contribution in [2.45, 2.75) is 65.3 Å². The number of carbonyl (C=O) groups excluding carboxylic acids is 1. The molecule has 0 aromatic rings. The van der Waals surface area contributed by atoms with Gasteiger partial charge in [-0.1, -0.05) is 13.8 Å². The SMILES string of the molecule is CCC1NC(C)(CC)C(=O)N1CCOC(C)C. The van der Waals surface area contributed by atoms with Gasteiger partial charge in [-0.05, 0) is 33.6 Å². The molecule has 0 aliphatic carbocycles. The molecule has 1 aliphatic rings. The van der Waals surface area contributed by atoms with E-state index in [0.717, 1.165) is 12.8 Å². The van der Waals surface area contributed by atoms with Crippen LogP contribution in [0.5, 0.6) is 0 Å². The van der Waals surface area contributed by atoms with E-state index < -0.39 is 5.54 Å². The van der Waals surface area contributed by atoms with Gasteiger partial charge in [-0.15, -0.1) is 0 Å². The zero-order valence-corrected chi connectivity index (χ0v) is 11.7. The summed E-state index contributed by atoms with van der Waals surface area (Å²) in [6.07, 6.45) is 2.13. The van der Waals surface area contributed by atoms with Gasteiger partial charge in [-0.3, -0.25) is 10.1 Å². The maximum absolute atomic E-state index is 12.3. The number of amides is 1. The van der Waals surface area contributed by atoms with E-state index in [1.807, 2.05) is 32.6 Å². The van der Waals surface area contributed by atoms with Gasteiger partial charge in [0, 0.05) is 6.54 Å². The van der Waals surface area contributed by atoms with E-state index in [0.29, 0.717) is 13.2 Å². The van der Waals surface area contributed by atoms with Gasteiger partial charge in [0.05, 0.1) is 24.4 Å². The highest BCUT2D eigenvalue weighted by Gasteiger charge is 2.45. The van der Waals surface area contributed by atoms with Crippen molar-refractivity contribution in [2.75, 3.05) is 13.2 Å². The molecule has 0 radical (unpaired) electrons. The maximum Gasteiger partial charge on any atom is 0.243 e. The van der Waals surface area contributed by atoms with Crippen LogP contribution in [0.1, 0.15) is 47.5 Å². The van der Waals surface area contributed by atoms with Gasteiger partial charge in [-0.25, -0.2) is 0 Å². The molecule has 1 saturated heterocycles. The molecular weight excluding hydrogens is 216 g/mol. The number of hydrogen-bond acceptors (Lipinski definition) is 3. The van der Waals surface area contributed by atoms with E-state index in [1.54, 1.807) is 0 Å². The normalized spacial score (nSPS) is 29.4. The van der Waals surface area contributed by atoms with Gasteiger partial charge in [-0.2, -0.15) is 0 Å². The maximum atomic E-state index is 12.3. The molecule has 1 aliphatic heterocycles. The van der Waals surface area contributed by atoms with Crippen LogP contribution < -0.4 is 5.32 Å². The Hall–Kier alpha value is -0.610. The Morgan fingerprint density at radius 2 is 2.12 bits per heavy atom. The predicted molar refractivity (Wildman–Crippen MR) is 68.7 cm³/mol. The summed E-state index contributed by atoms with van der Waals surface area (Å²) in [6, 6.07) is 0. The molecule has 100 valence electrons. The van der Waals surface area contributed by atoms with Crippen LogP contribution in [0.3, 0.4) is 0 Å². The molecule has 2 unspecified atom stereocenters. The average molecular weight is 242 g/mol. The summed E-state index contributed by atoms with van der Waals surface area (Å²) >= 11 is 0. The fourth-order valence-corrected chi connectivity index (χ4v) is 2.19. The number of nitrogens with zero attached hydrogens (tertiary/aromatic N) is 1. The van der Waals surface area contributed by atoms with Crippen LogP contribution in [0.25, 0.3) is 0 Å². The molecule has 1 rings (SSSR count). The van der Waals surface area contributed by atoms with Crippen molar-refractivity contribution in [1.29, 1.82) is 0 Å². The first-order valence-corrected chi connectivity index (χ1v) is 6.65. The molecular formula is C13H26N2O2. The van der Waals surface area contributed by atoms with Gasteiger partial charge in [0.15, 0.2) is 0 Å².